The van der Waals surface area contributed by atoms with Gasteiger partial charge in [0, 0.05) is 54.2 Å². The van der Waals surface area contributed by atoms with E-state index in [4.69, 9.17) is 140 Å². The van der Waals surface area contributed by atoms with Crippen molar-refractivity contribution in [2.45, 2.75) is 180 Å². The molecule has 6 fully saturated rings. The first-order chi connectivity index (χ1) is 56.3. The fraction of sp³-hybridized carbons (Fsp3) is 0.474. The summed E-state index contributed by atoms with van der Waals surface area (Å²) in [6.45, 7) is 9.23. The molecule has 6 heterocycles. The molecule has 0 radical (unpaired) electrons. The summed E-state index contributed by atoms with van der Waals surface area (Å²) >= 11 is 47.5. The standard InChI is InChI=1S/4C19H22BCl2NO7/c2*1-10(2)5-11(20-28-16(19(27)30-20)8-17(25)29-20)6-13(24)9-23-18(26)14-7-12(21)3-4-15(14)22;1-10(2)5-11(20-29-16(19(27)28)8-17(25)30-20)6-13(24)9-23-18(26)14-7-12(21)3-4-15(14)22;1-10(2)5-11(20-29-16(8-17(25)26)19(28)30-20)6-13(24)9-23-18(27)14-7-12(21)3-4-15(14)22/h3-4,7,10-11,16,30H,5-6,8-9H2,1-2H3,(H,23,26);3-4,7,10-11,16,29H,5-6,8-9H2,1-2H3,(H,23,26);3-4,7,10-11,16H,5-6,8-9H2,1-2H3,(H,23,26)(H,27,28);3-4,7,10-11,16H,5-6,8-9H2,1-2H3,(H,23,27)(H,25,26)/t2*11-,16-,20?;2*11-,16+/m1111/s1. The Bertz CT molecular complexity index is 4420. The average molecular weight is 1830 g/mol. The van der Waals surface area contributed by atoms with Gasteiger partial charge in [-0.1, -0.05) is 161 Å². The van der Waals surface area contributed by atoms with Crippen LogP contribution in [-0.2, 0) is 94.8 Å². The molecule has 2 unspecified atom stereocenters. The zero-order chi connectivity index (χ0) is 88.9. The number of Topliss-reactive ketones (excluding diaryl/α,β-unsaturated/α-hetero) is 4. The van der Waals surface area contributed by atoms with E-state index in [-0.39, 0.29) is 160 Å². The van der Waals surface area contributed by atoms with Crippen LogP contribution in [-0.4, -0.2) is 192 Å². The molecule has 8 N–H and O–H groups in total. The first-order valence-electron chi connectivity index (χ1n) is 38.1. The summed E-state index contributed by atoms with van der Waals surface area (Å²) in [6.07, 6.45) is -3.97. The number of ketones is 4. The van der Waals surface area contributed by atoms with E-state index in [9.17, 15) is 76.7 Å². The topological polar surface area (TPSA) is 461 Å². The molecule has 0 aliphatic carbocycles. The van der Waals surface area contributed by atoms with Crippen LogP contribution in [0.3, 0.4) is 0 Å². The maximum Gasteiger partial charge on any atom is 0.576 e. The first kappa shape index (κ1) is 98.7. The maximum absolute atomic E-state index is 12.6. The summed E-state index contributed by atoms with van der Waals surface area (Å²) in [6, 6.07) is 17.7. The van der Waals surface area contributed by atoms with Gasteiger partial charge in [0.15, 0.2) is 29.9 Å². The number of carbonyl (C=O) groups excluding carboxylic acids is 12. The Hall–Kier alpha value is -8.38. The first-order valence-corrected chi connectivity index (χ1v) is 41.1. The van der Waals surface area contributed by atoms with Gasteiger partial charge in [-0.15, -0.1) is 0 Å². The monoisotopic (exact) mass is 1830 g/mol. The van der Waals surface area contributed by atoms with E-state index in [2.05, 4.69) is 30.6 Å². The quantitative estimate of drug-likeness (QED) is 0.0184. The van der Waals surface area contributed by atoms with Crippen LogP contribution in [0.25, 0.3) is 0 Å². The molecule has 4 aromatic carbocycles. The van der Waals surface area contributed by atoms with Gasteiger partial charge in [-0.05, 0) is 134 Å². The number of amides is 4. The molecule has 4 aromatic rings. The summed E-state index contributed by atoms with van der Waals surface area (Å²) in [5.41, 5.74) is 0.606. The van der Waals surface area contributed by atoms with Crippen molar-refractivity contribution in [3.63, 3.8) is 0 Å². The molecule has 32 nitrogen and oxygen atoms in total. The number of benzene rings is 4. The molecule has 648 valence electrons. The number of halogens is 8. The predicted molar refractivity (Wildman–Crippen MR) is 442 cm³/mol. The van der Waals surface area contributed by atoms with Crippen molar-refractivity contribution in [1.29, 1.82) is 0 Å². The molecule has 0 aromatic heterocycles. The second kappa shape index (κ2) is 45.1. The number of aliphatic carboxylic acids is 4. The zero-order valence-corrected chi connectivity index (χ0v) is 72.1. The highest BCUT2D eigenvalue weighted by Gasteiger charge is 2.63. The molecular formula is C76H88B4Cl8N4O28. The number of hydrogen-bond donors (Lipinski definition) is 6. The lowest BCUT2D eigenvalue weighted by Gasteiger charge is -2.41. The van der Waals surface area contributed by atoms with Gasteiger partial charge in [0.25, 0.3) is 41.5 Å². The molecule has 0 spiro atoms. The third kappa shape index (κ3) is 29.4. The van der Waals surface area contributed by atoms with Crippen LogP contribution in [0.4, 0.5) is 0 Å². The molecule has 44 heteroatoms. The van der Waals surface area contributed by atoms with Crippen molar-refractivity contribution in [2.75, 3.05) is 26.2 Å². The number of nitrogens with one attached hydrogen (secondary N) is 4. The summed E-state index contributed by atoms with van der Waals surface area (Å²) < 4.78 is 51.2. The maximum atomic E-state index is 12.6. The fourth-order valence-corrected chi connectivity index (χ4v) is 15.4. The van der Waals surface area contributed by atoms with E-state index in [1.165, 1.54) is 54.6 Å². The second-order valence-electron chi connectivity index (χ2n) is 30.8. The third-order valence-electron chi connectivity index (χ3n) is 19.0. The van der Waals surface area contributed by atoms with Crippen molar-refractivity contribution in [3.05, 3.63) is 135 Å². The fourth-order valence-electron chi connectivity index (χ4n) is 13.9. The Balaban J connectivity index is 0.000000220. The van der Waals surface area contributed by atoms with Gasteiger partial charge in [-0.3, -0.25) is 62.3 Å². The van der Waals surface area contributed by atoms with Gasteiger partial charge >= 0.3 is 57.6 Å². The summed E-state index contributed by atoms with van der Waals surface area (Å²) in [7, 11) is -2.15. The Morgan fingerprint density at radius 3 is 1.18 bits per heavy atom. The van der Waals surface area contributed by atoms with Gasteiger partial charge in [0.05, 0.1) is 87.8 Å². The molecule has 120 heavy (non-hydrogen) atoms. The lowest BCUT2D eigenvalue weighted by molar-refractivity contribution is -0.161. The van der Waals surface area contributed by atoms with Crippen molar-refractivity contribution in [3.8, 4) is 0 Å². The van der Waals surface area contributed by atoms with E-state index < -0.39 is 153 Å². The molecule has 6 aliphatic rings. The van der Waals surface area contributed by atoms with Crippen LogP contribution in [0.2, 0.25) is 63.5 Å². The summed E-state index contributed by atoms with van der Waals surface area (Å²) in [5, 5.41) is 30.2. The third-order valence-corrected chi connectivity index (χ3v) is 21.3. The Labute approximate surface area is 730 Å². The number of fused-ring (bicyclic) bond motifs is 4. The SMILES string of the molecule is CC(C)C[C@H](CC(=O)CNC(=O)c1cc(Cl)ccc1Cl)B1OC(=O)C[C@@H](C(=O)O)O1.CC(C)C[C@H](CC(=O)CNC(=O)c1cc(Cl)ccc1Cl)B1OC(=O)[C@H](CC(=O)O)O1.CC(C)C[C@H](CC(=O)CNC(=O)c1cc(Cl)ccc1Cl)[B-]12OC(=O)C[C@@H](O1)C(=O)[OH+]2.CC(C)C[C@H](CC(=O)CNC(=O)c1cc(Cl)ccc1Cl)[B-]12OC(=O)[C@@H](CC(=O)[OH+]1)O2. The van der Waals surface area contributed by atoms with Gasteiger partial charge < -0.3 is 78.0 Å². The van der Waals surface area contributed by atoms with Crippen molar-refractivity contribution in [2.24, 2.45) is 23.7 Å². The minimum Gasteiger partial charge on any atom is -0.718 e. The van der Waals surface area contributed by atoms with Gasteiger partial charge in [-0.25, -0.2) is 4.79 Å². The summed E-state index contributed by atoms with van der Waals surface area (Å²) in [4.78, 5) is 193. The van der Waals surface area contributed by atoms with E-state index in [1.807, 2.05) is 55.4 Å². The Kier molecular flexibility index (Phi) is 37.1. The van der Waals surface area contributed by atoms with Crippen LogP contribution in [0.15, 0.2) is 72.8 Å². The molecular weight excluding hydrogens is 1740 g/mol. The van der Waals surface area contributed by atoms with Gasteiger partial charge in [0.2, 0.25) is 0 Å². The number of rotatable bonds is 35. The number of carboxylic acid groups (broad SMARTS) is 2. The van der Waals surface area contributed by atoms with E-state index in [0.717, 1.165) is 0 Å². The van der Waals surface area contributed by atoms with E-state index >= 15 is 0 Å². The number of carboxylic acids is 4. The molecule has 6 aliphatic heterocycles. The minimum atomic E-state index is -2.58. The van der Waals surface area contributed by atoms with Crippen LogP contribution >= 0.6 is 92.8 Å². The zero-order valence-electron chi connectivity index (χ0n) is 66.1. The highest BCUT2D eigenvalue weighted by Crippen LogP contribution is 2.44. The number of hydrogen-bond acceptors (Lipinski definition) is 24. The molecule has 6 saturated heterocycles. The highest BCUT2D eigenvalue weighted by molar-refractivity contribution is 6.68. The molecule has 4 amide bonds. The van der Waals surface area contributed by atoms with Crippen molar-refractivity contribution in [1.82, 2.24) is 21.3 Å². The average Bonchev–Trinajstić information content (AvgIpc) is 1.61. The minimum absolute atomic E-state index is 0.0144. The van der Waals surface area contributed by atoms with Crippen LogP contribution < -0.4 is 21.3 Å². The Morgan fingerprint density at radius 2 is 0.808 bits per heavy atom. The van der Waals surface area contributed by atoms with Crippen LogP contribution in [0, 0.1) is 23.7 Å². The molecule has 10 atom stereocenters. The lowest BCUT2D eigenvalue weighted by atomic mass is 9.58. The Morgan fingerprint density at radius 1 is 0.442 bits per heavy atom. The van der Waals surface area contributed by atoms with Crippen LogP contribution in [0.5, 0.6) is 0 Å². The second-order valence-corrected chi connectivity index (χ2v) is 34.2. The van der Waals surface area contributed by atoms with E-state index in [1.54, 1.807) is 18.2 Å². The van der Waals surface area contributed by atoms with Gasteiger partial charge in [0.1, 0.15) is 24.1 Å². The summed E-state index contributed by atoms with van der Waals surface area (Å²) in [5.74, 6) is -11.2. The number of carbonyl (C=O) groups is 16. The smallest absolute Gasteiger partial charge is 0.576 e. The van der Waals surface area contributed by atoms with Crippen molar-refractivity contribution < 1.29 is 133 Å². The predicted octanol–water partition coefficient (Wildman–Crippen LogP) is 10.9. The molecule has 0 saturated carbocycles. The van der Waals surface area contributed by atoms with Crippen molar-refractivity contribution >= 4 is 215 Å². The molecule has 4 bridgehead atoms. The highest BCUT2D eigenvalue weighted by atomic mass is 35.5. The van der Waals surface area contributed by atoms with E-state index in [0.29, 0.717) is 45.8 Å². The molecule has 10 rings (SSSR count). The normalized spacial score (nSPS) is 20.5. The van der Waals surface area contributed by atoms with Crippen LogP contribution in [0.1, 0.15) is 174 Å². The van der Waals surface area contributed by atoms with Gasteiger partial charge in [-0.2, -0.15) is 0 Å². The largest absolute Gasteiger partial charge is 0.718 e. The lowest BCUT2D eigenvalue weighted by Crippen LogP contribution is -2.55.